The molecule has 3 rings (SSSR count). The van der Waals surface area contributed by atoms with Crippen molar-refractivity contribution in [3.8, 4) is 0 Å². The number of aromatic nitrogens is 2. The third-order valence-corrected chi connectivity index (χ3v) is 3.77. The molecule has 104 valence electrons. The maximum atomic E-state index is 6.25. The molecule has 0 atom stereocenters. The van der Waals surface area contributed by atoms with E-state index in [1.165, 1.54) is 11.3 Å². The number of nitrogens with zero attached hydrogens (tertiary/aromatic N) is 3. The van der Waals surface area contributed by atoms with Crippen LogP contribution >= 0.6 is 11.6 Å². The van der Waals surface area contributed by atoms with Crippen molar-refractivity contribution >= 4 is 17.3 Å². The van der Waals surface area contributed by atoms with Gasteiger partial charge in [-0.15, -0.1) is 0 Å². The maximum Gasteiger partial charge on any atom is 0.0761 e. The second-order valence-electron chi connectivity index (χ2n) is 5.07. The van der Waals surface area contributed by atoms with Crippen LogP contribution < -0.4 is 10.4 Å². The van der Waals surface area contributed by atoms with Gasteiger partial charge in [-0.1, -0.05) is 23.7 Å². The van der Waals surface area contributed by atoms with Crippen molar-refractivity contribution in [2.24, 2.45) is 7.05 Å². The average molecular weight is 289 g/mol. The fourth-order valence-corrected chi connectivity index (χ4v) is 2.61. The Bertz CT molecular complexity index is 659. The summed E-state index contributed by atoms with van der Waals surface area (Å²) in [5.41, 5.74) is 8.02. The van der Waals surface area contributed by atoms with Crippen LogP contribution in [0.1, 0.15) is 12.6 Å². The third kappa shape index (κ3) is 2.51. The van der Waals surface area contributed by atoms with E-state index in [0.29, 0.717) is 0 Å². The van der Waals surface area contributed by atoms with E-state index in [1.807, 2.05) is 48.3 Å². The summed E-state index contributed by atoms with van der Waals surface area (Å²) in [7, 11) is 1.93. The van der Waals surface area contributed by atoms with Crippen LogP contribution in [0, 0.1) is 0 Å². The Kier molecular flexibility index (Phi) is 3.40. The Morgan fingerprint density at radius 3 is 2.80 bits per heavy atom. The first-order chi connectivity index (χ1) is 9.63. The molecule has 1 aromatic carbocycles. The van der Waals surface area contributed by atoms with Gasteiger partial charge >= 0.3 is 0 Å². The van der Waals surface area contributed by atoms with Crippen molar-refractivity contribution in [3.05, 3.63) is 58.5 Å². The van der Waals surface area contributed by atoms with Crippen molar-refractivity contribution in [2.75, 3.05) is 11.6 Å². The predicted octanol–water partition coefficient (Wildman–Crippen LogP) is 2.91. The second kappa shape index (κ2) is 5.21. The Hall–Kier alpha value is -1.94. The fourth-order valence-electron chi connectivity index (χ4n) is 2.38. The zero-order valence-corrected chi connectivity index (χ0v) is 12.4. The number of aryl methyl sites for hydroxylation is 1. The standard InChI is InChI=1S/C15H17ClN4/c1-11-10-20(15-6-4-3-5-13(15)16)18-14(11)9-12-7-8-19(2)17-12/h3-8,18H,9-10H2,1-2H3. The van der Waals surface area contributed by atoms with Crippen LogP contribution in [0.3, 0.4) is 0 Å². The first kappa shape index (κ1) is 13.1. The van der Waals surface area contributed by atoms with E-state index < -0.39 is 0 Å². The quantitative estimate of drug-likeness (QED) is 0.943. The first-order valence-electron chi connectivity index (χ1n) is 6.59. The van der Waals surface area contributed by atoms with Gasteiger partial charge in [-0.2, -0.15) is 5.10 Å². The molecule has 0 saturated heterocycles. The Labute approximate surface area is 123 Å². The number of hydrazine groups is 1. The topological polar surface area (TPSA) is 33.1 Å². The van der Waals surface area contributed by atoms with Gasteiger partial charge in [0.2, 0.25) is 0 Å². The Morgan fingerprint density at radius 1 is 1.30 bits per heavy atom. The molecule has 20 heavy (non-hydrogen) atoms. The molecule has 0 bridgehead atoms. The molecule has 0 unspecified atom stereocenters. The molecule has 5 heteroatoms. The molecule has 0 radical (unpaired) electrons. The van der Waals surface area contributed by atoms with Gasteiger partial charge in [0.25, 0.3) is 0 Å². The minimum atomic E-state index is 0.756. The van der Waals surface area contributed by atoms with Gasteiger partial charge < -0.3 is 5.43 Å². The smallest absolute Gasteiger partial charge is 0.0761 e. The Balaban J connectivity index is 1.75. The maximum absolute atomic E-state index is 6.25. The van der Waals surface area contributed by atoms with E-state index in [9.17, 15) is 0 Å². The zero-order valence-electron chi connectivity index (χ0n) is 11.6. The average Bonchev–Trinajstić information content (AvgIpc) is 2.98. The lowest BCUT2D eigenvalue weighted by Gasteiger charge is -2.21. The summed E-state index contributed by atoms with van der Waals surface area (Å²) in [6.07, 6.45) is 2.78. The number of benzene rings is 1. The van der Waals surface area contributed by atoms with Gasteiger partial charge in [0.15, 0.2) is 0 Å². The molecule has 0 saturated carbocycles. The van der Waals surface area contributed by atoms with Crippen LogP contribution in [0.5, 0.6) is 0 Å². The van der Waals surface area contributed by atoms with Crippen LogP contribution in [0.15, 0.2) is 47.8 Å². The van der Waals surface area contributed by atoms with Crippen molar-refractivity contribution in [1.29, 1.82) is 0 Å². The van der Waals surface area contributed by atoms with Crippen LogP contribution in [-0.4, -0.2) is 16.3 Å². The summed E-state index contributed by atoms with van der Waals surface area (Å²) in [6.45, 7) is 2.98. The lowest BCUT2D eigenvalue weighted by molar-refractivity contribution is 0.732. The van der Waals surface area contributed by atoms with E-state index in [4.69, 9.17) is 11.6 Å². The molecule has 4 nitrogen and oxygen atoms in total. The third-order valence-electron chi connectivity index (χ3n) is 3.45. The number of hydrogen-bond donors (Lipinski definition) is 1. The number of rotatable bonds is 3. The van der Waals surface area contributed by atoms with Crippen molar-refractivity contribution in [1.82, 2.24) is 15.2 Å². The van der Waals surface area contributed by atoms with Crippen LogP contribution in [0.4, 0.5) is 5.69 Å². The van der Waals surface area contributed by atoms with Crippen molar-refractivity contribution in [3.63, 3.8) is 0 Å². The highest BCUT2D eigenvalue weighted by Gasteiger charge is 2.21. The number of hydrogen-bond acceptors (Lipinski definition) is 3. The first-order valence-corrected chi connectivity index (χ1v) is 6.97. The van der Waals surface area contributed by atoms with Gasteiger partial charge in [-0.25, -0.2) is 0 Å². The van der Waals surface area contributed by atoms with E-state index in [2.05, 4.69) is 22.5 Å². The van der Waals surface area contributed by atoms with Crippen LogP contribution in [0.2, 0.25) is 5.02 Å². The van der Waals surface area contributed by atoms with Crippen molar-refractivity contribution in [2.45, 2.75) is 13.3 Å². The molecule has 1 aliphatic rings. The molecule has 1 aromatic heterocycles. The molecule has 1 aliphatic heterocycles. The molecular weight excluding hydrogens is 272 g/mol. The molecule has 2 aromatic rings. The van der Waals surface area contributed by atoms with Crippen LogP contribution in [-0.2, 0) is 13.5 Å². The monoisotopic (exact) mass is 288 g/mol. The van der Waals surface area contributed by atoms with Gasteiger partial charge in [0.1, 0.15) is 0 Å². The lowest BCUT2D eigenvalue weighted by Crippen LogP contribution is -2.32. The van der Waals surface area contributed by atoms with E-state index >= 15 is 0 Å². The summed E-state index contributed by atoms with van der Waals surface area (Å²) in [6, 6.07) is 9.91. The summed E-state index contributed by atoms with van der Waals surface area (Å²) < 4.78 is 1.83. The van der Waals surface area contributed by atoms with Gasteiger partial charge in [-0.05, 0) is 30.7 Å². The summed E-state index contributed by atoms with van der Waals surface area (Å²) in [5.74, 6) is 0. The number of allylic oxidation sites excluding steroid dienone is 1. The molecule has 2 heterocycles. The predicted molar refractivity (Wildman–Crippen MR) is 81.5 cm³/mol. The highest BCUT2D eigenvalue weighted by Crippen LogP contribution is 2.28. The van der Waals surface area contributed by atoms with E-state index in [0.717, 1.165) is 29.4 Å². The van der Waals surface area contributed by atoms with Gasteiger partial charge in [-0.3, -0.25) is 9.69 Å². The second-order valence-corrected chi connectivity index (χ2v) is 5.47. The summed E-state index contributed by atoms with van der Waals surface area (Å²) >= 11 is 6.25. The zero-order chi connectivity index (χ0) is 14.1. The molecule has 1 N–H and O–H groups in total. The van der Waals surface area contributed by atoms with E-state index in [1.54, 1.807) is 0 Å². The summed E-state index contributed by atoms with van der Waals surface area (Å²) in [5, 5.41) is 7.26. The molecule has 0 aliphatic carbocycles. The lowest BCUT2D eigenvalue weighted by atomic mass is 10.1. The van der Waals surface area contributed by atoms with Gasteiger partial charge in [0, 0.05) is 25.4 Å². The summed E-state index contributed by atoms with van der Waals surface area (Å²) in [4.78, 5) is 0. The normalized spacial score (nSPS) is 14.8. The molecular formula is C15H17ClN4. The molecule has 0 spiro atoms. The number of anilines is 1. The highest BCUT2D eigenvalue weighted by molar-refractivity contribution is 6.33. The SMILES string of the molecule is CC1=C(Cc2ccn(C)n2)NN(c2ccccc2Cl)C1. The largest absolute Gasteiger partial charge is 0.302 e. The van der Waals surface area contributed by atoms with Gasteiger partial charge in [0.05, 0.1) is 22.9 Å². The molecule has 0 fully saturated rings. The molecule has 0 amide bonds. The van der Waals surface area contributed by atoms with Crippen LogP contribution in [0.25, 0.3) is 0 Å². The minimum absolute atomic E-state index is 0.756. The van der Waals surface area contributed by atoms with E-state index in [-0.39, 0.29) is 0 Å². The number of halogens is 1. The van der Waals surface area contributed by atoms with Crippen molar-refractivity contribution < 1.29 is 0 Å². The minimum Gasteiger partial charge on any atom is -0.302 e. The number of nitrogens with one attached hydrogen (secondary N) is 1. The number of para-hydroxylation sites is 1. The Morgan fingerprint density at radius 2 is 2.10 bits per heavy atom. The fraction of sp³-hybridized carbons (Fsp3) is 0.267. The highest BCUT2D eigenvalue weighted by atomic mass is 35.5.